The molecule has 0 aliphatic carbocycles. The minimum absolute atomic E-state index is 0.137. The highest BCUT2D eigenvalue weighted by Crippen LogP contribution is 2.08. The van der Waals surface area contributed by atoms with Gasteiger partial charge in [-0.25, -0.2) is 0 Å². The smallest absolute Gasteiger partial charge is 0.321 e. The highest BCUT2D eigenvalue weighted by atomic mass is 19.3. The van der Waals surface area contributed by atoms with Crippen LogP contribution >= 0.6 is 0 Å². The second-order valence-corrected chi connectivity index (χ2v) is 2.74. The molecule has 0 spiro atoms. The highest BCUT2D eigenvalue weighted by Gasteiger charge is 2.14. The monoisotopic (exact) mass is 165 g/mol. The lowest BCUT2D eigenvalue weighted by Gasteiger charge is -2.22. The van der Waals surface area contributed by atoms with Gasteiger partial charge in [-0.05, 0) is 19.4 Å². The third-order valence-electron chi connectivity index (χ3n) is 1.84. The summed E-state index contributed by atoms with van der Waals surface area (Å²) in [5.41, 5.74) is 0. The number of ether oxygens (including phenoxy) is 1. The molecule has 11 heavy (non-hydrogen) atoms. The van der Waals surface area contributed by atoms with Crippen molar-refractivity contribution >= 4 is 0 Å². The van der Waals surface area contributed by atoms with Gasteiger partial charge in [-0.3, -0.25) is 0 Å². The molecule has 1 rings (SSSR count). The molecule has 2 nitrogen and oxygen atoms in total. The predicted molar refractivity (Wildman–Crippen MR) is 37.6 cm³/mol. The minimum Gasteiger partial charge on any atom is -0.321 e. The summed E-state index contributed by atoms with van der Waals surface area (Å²) in [5.74, 6) is 0. The molecule has 0 aromatic carbocycles. The second-order valence-electron chi connectivity index (χ2n) is 2.74. The first-order valence-electron chi connectivity index (χ1n) is 3.92. The van der Waals surface area contributed by atoms with Gasteiger partial charge in [0.1, 0.15) is 0 Å². The molecule has 0 amide bonds. The van der Waals surface area contributed by atoms with Gasteiger partial charge in [0, 0.05) is 6.04 Å². The van der Waals surface area contributed by atoms with Crippen molar-refractivity contribution in [1.82, 2.24) is 5.32 Å². The Bertz CT molecular complexity index is 105. The van der Waals surface area contributed by atoms with Crippen LogP contribution < -0.4 is 5.32 Å². The van der Waals surface area contributed by atoms with Crippen molar-refractivity contribution in [2.75, 3.05) is 13.2 Å². The highest BCUT2D eigenvalue weighted by molar-refractivity contribution is 4.70. The Morgan fingerprint density at radius 1 is 1.45 bits per heavy atom. The first-order chi connectivity index (χ1) is 5.29. The van der Waals surface area contributed by atoms with Gasteiger partial charge >= 0.3 is 6.61 Å². The van der Waals surface area contributed by atoms with Gasteiger partial charge < -0.3 is 10.1 Å². The van der Waals surface area contributed by atoms with E-state index in [1.807, 2.05) is 0 Å². The van der Waals surface area contributed by atoms with Crippen molar-refractivity contribution in [3.8, 4) is 0 Å². The number of alkyl halides is 2. The van der Waals surface area contributed by atoms with E-state index in [1.54, 1.807) is 0 Å². The van der Waals surface area contributed by atoms with Gasteiger partial charge in [-0.15, -0.1) is 0 Å². The predicted octanol–water partition coefficient (Wildman–Crippen LogP) is 1.37. The Morgan fingerprint density at radius 3 is 2.82 bits per heavy atom. The normalized spacial score (nSPS) is 25.9. The zero-order chi connectivity index (χ0) is 8.10. The Balaban J connectivity index is 2.05. The molecular weight excluding hydrogens is 152 g/mol. The summed E-state index contributed by atoms with van der Waals surface area (Å²) in [6.07, 6.45) is 3.21. The van der Waals surface area contributed by atoms with Gasteiger partial charge in [-0.1, -0.05) is 6.42 Å². The summed E-state index contributed by atoms with van der Waals surface area (Å²) in [5, 5.41) is 3.12. The van der Waals surface area contributed by atoms with Crippen LogP contribution in [0.1, 0.15) is 19.3 Å². The fourth-order valence-electron chi connectivity index (χ4n) is 1.26. The van der Waals surface area contributed by atoms with E-state index in [2.05, 4.69) is 10.1 Å². The topological polar surface area (TPSA) is 21.3 Å². The van der Waals surface area contributed by atoms with Crippen LogP contribution in [0.15, 0.2) is 0 Å². The third-order valence-corrected chi connectivity index (χ3v) is 1.84. The first kappa shape index (κ1) is 8.87. The van der Waals surface area contributed by atoms with Crippen LogP contribution in [0.2, 0.25) is 0 Å². The summed E-state index contributed by atoms with van der Waals surface area (Å²) >= 11 is 0. The van der Waals surface area contributed by atoms with E-state index < -0.39 is 6.61 Å². The number of halogens is 2. The quantitative estimate of drug-likeness (QED) is 0.682. The summed E-state index contributed by atoms with van der Waals surface area (Å²) in [6, 6.07) is 0.137. The molecule has 1 fully saturated rings. The van der Waals surface area contributed by atoms with Gasteiger partial charge in [0.2, 0.25) is 0 Å². The first-order valence-corrected chi connectivity index (χ1v) is 3.92. The van der Waals surface area contributed by atoms with Crippen LogP contribution in [0.25, 0.3) is 0 Å². The molecule has 0 aromatic heterocycles. The molecule has 1 aliphatic rings. The molecule has 1 unspecified atom stereocenters. The molecule has 0 aromatic rings. The summed E-state index contributed by atoms with van der Waals surface area (Å²) < 4.78 is 27.3. The van der Waals surface area contributed by atoms with Gasteiger partial charge in [0.05, 0.1) is 6.61 Å². The summed E-state index contributed by atoms with van der Waals surface area (Å²) in [7, 11) is 0. The molecule has 0 radical (unpaired) electrons. The molecule has 1 saturated heterocycles. The van der Waals surface area contributed by atoms with Gasteiger partial charge in [0.15, 0.2) is 0 Å². The molecule has 0 bridgehead atoms. The van der Waals surface area contributed by atoms with E-state index in [1.165, 1.54) is 0 Å². The zero-order valence-corrected chi connectivity index (χ0v) is 6.35. The average molecular weight is 165 g/mol. The number of piperidine rings is 1. The molecule has 0 saturated carbocycles. The largest absolute Gasteiger partial charge is 0.345 e. The lowest BCUT2D eigenvalue weighted by atomic mass is 10.1. The van der Waals surface area contributed by atoms with Crippen LogP contribution in [-0.2, 0) is 4.74 Å². The van der Waals surface area contributed by atoms with E-state index in [4.69, 9.17) is 0 Å². The maximum absolute atomic E-state index is 11.5. The van der Waals surface area contributed by atoms with Crippen LogP contribution in [0.4, 0.5) is 8.78 Å². The SMILES string of the molecule is FC(F)OCC1CCCCN1. The fourth-order valence-corrected chi connectivity index (χ4v) is 1.26. The van der Waals surface area contributed by atoms with E-state index in [9.17, 15) is 8.78 Å². The minimum atomic E-state index is -2.63. The van der Waals surface area contributed by atoms with Crippen molar-refractivity contribution in [2.24, 2.45) is 0 Å². The Morgan fingerprint density at radius 2 is 2.27 bits per heavy atom. The van der Waals surface area contributed by atoms with E-state index in [0.717, 1.165) is 25.8 Å². The van der Waals surface area contributed by atoms with Crippen molar-refractivity contribution in [3.63, 3.8) is 0 Å². The van der Waals surface area contributed by atoms with Crippen LogP contribution in [-0.4, -0.2) is 25.8 Å². The van der Waals surface area contributed by atoms with E-state index >= 15 is 0 Å². The third kappa shape index (κ3) is 3.62. The standard InChI is InChI=1S/C7H13F2NO/c8-7(9)11-5-6-3-1-2-4-10-6/h6-7,10H,1-5H2. The van der Waals surface area contributed by atoms with Crippen LogP contribution in [0.5, 0.6) is 0 Å². The van der Waals surface area contributed by atoms with E-state index in [-0.39, 0.29) is 12.6 Å². The second kappa shape index (κ2) is 4.62. The van der Waals surface area contributed by atoms with Gasteiger partial charge in [0.25, 0.3) is 0 Å². The molecular formula is C7H13F2NO. The summed E-state index contributed by atoms with van der Waals surface area (Å²) in [6.45, 7) is -1.56. The van der Waals surface area contributed by atoms with Crippen LogP contribution in [0.3, 0.4) is 0 Å². The van der Waals surface area contributed by atoms with Crippen LogP contribution in [0, 0.1) is 0 Å². The molecule has 1 atom stereocenters. The van der Waals surface area contributed by atoms with Crippen molar-refractivity contribution in [1.29, 1.82) is 0 Å². The average Bonchev–Trinajstić information content (AvgIpc) is 2.03. The van der Waals surface area contributed by atoms with Crippen molar-refractivity contribution < 1.29 is 13.5 Å². The van der Waals surface area contributed by atoms with Gasteiger partial charge in [-0.2, -0.15) is 8.78 Å². The zero-order valence-electron chi connectivity index (χ0n) is 6.35. The lowest BCUT2D eigenvalue weighted by Crippen LogP contribution is -2.38. The maximum atomic E-state index is 11.5. The number of nitrogens with one attached hydrogen (secondary N) is 1. The van der Waals surface area contributed by atoms with E-state index in [0.29, 0.717) is 0 Å². The Hall–Kier alpha value is -0.220. The molecule has 1 N–H and O–H groups in total. The van der Waals surface area contributed by atoms with Crippen molar-refractivity contribution in [2.45, 2.75) is 31.9 Å². The molecule has 1 heterocycles. The lowest BCUT2D eigenvalue weighted by molar-refractivity contribution is -0.134. The summed E-state index contributed by atoms with van der Waals surface area (Å²) in [4.78, 5) is 0. The fraction of sp³-hybridized carbons (Fsp3) is 1.00. The Kier molecular flexibility index (Phi) is 3.72. The Labute approximate surface area is 64.9 Å². The number of rotatable bonds is 3. The number of hydrogen-bond acceptors (Lipinski definition) is 2. The van der Waals surface area contributed by atoms with Crippen molar-refractivity contribution in [3.05, 3.63) is 0 Å². The maximum Gasteiger partial charge on any atom is 0.345 e. The number of hydrogen-bond donors (Lipinski definition) is 1. The molecule has 4 heteroatoms. The molecule has 1 aliphatic heterocycles. The molecule has 66 valence electrons.